The first kappa shape index (κ1) is 18.1. The third-order valence-corrected chi connectivity index (χ3v) is 4.87. The first-order chi connectivity index (χ1) is 10.9. The third-order valence-electron chi connectivity index (χ3n) is 4.87. The fourth-order valence-corrected chi connectivity index (χ4v) is 3.93. The molecule has 1 saturated carbocycles. The van der Waals surface area contributed by atoms with Gasteiger partial charge in [-0.05, 0) is 59.3 Å². The lowest BCUT2D eigenvalue weighted by Gasteiger charge is -2.40. The van der Waals surface area contributed by atoms with Crippen molar-refractivity contribution >= 4 is 6.09 Å². The maximum atomic E-state index is 12.5. The van der Waals surface area contributed by atoms with Gasteiger partial charge in [0.2, 0.25) is 0 Å². The summed E-state index contributed by atoms with van der Waals surface area (Å²) in [6.45, 7) is 9.26. The zero-order valence-corrected chi connectivity index (χ0v) is 15.2. The van der Waals surface area contributed by atoms with Crippen LogP contribution >= 0.6 is 0 Å². The Morgan fingerprint density at radius 3 is 2.65 bits per heavy atom. The van der Waals surface area contributed by atoms with Gasteiger partial charge < -0.3 is 15.0 Å². The zero-order valence-electron chi connectivity index (χ0n) is 15.2. The number of carbonyl (C=O) groups is 1. The van der Waals surface area contributed by atoms with Gasteiger partial charge in [-0.25, -0.2) is 4.79 Å². The Balaban J connectivity index is 2.03. The molecule has 4 heteroatoms. The van der Waals surface area contributed by atoms with E-state index in [4.69, 9.17) is 4.74 Å². The predicted molar refractivity (Wildman–Crippen MR) is 93.2 cm³/mol. The van der Waals surface area contributed by atoms with Gasteiger partial charge in [0.25, 0.3) is 0 Å². The molecule has 3 atom stereocenters. The van der Waals surface area contributed by atoms with E-state index in [1.165, 1.54) is 25.7 Å². The summed E-state index contributed by atoms with van der Waals surface area (Å²) in [5.74, 6) is 6.58. The van der Waals surface area contributed by atoms with Crippen molar-refractivity contribution < 1.29 is 9.53 Å². The van der Waals surface area contributed by atoms with Gasteiger partial charge in [-0.2, -0.15) is 0 Å². The summed E-state index contributed by atoms with van der Waals surface area (Å²) in [5.41, 5.74) is -0.425. The molecule has 130 valence electrons. The summed E-state index contributed by atoms with van der Waals surface area (Å²) in [6.07, 6.45) is 6.96. The summed E-state index contributed by atoms with van der Waals surface area (Å²) < 4.78 is 5.62. The second kappa shape index (κ2) is 8.06. The minimum Gasteiger partial charge on any atom is -0.444 e. The SMILES string of the molecule is CC#CCNC1CCCCC1C1CCCN1C(=O)OC(C)(C)C. The smallest absolute Gasteiger partial charge is 0.410 e. The van der Waals surface area contributed by atoms with E-state index in [0.29, 0.717) is 18.0 Å². The second-order valence-corrected chi connectivity index (χ2v) is 7.75. The van der Waals surface area contributed by atoms with Crippen molar-refractivity contribution in [2.45, 2.75) is 83.9 Å². The van der Waals surface area contributed by atoms with Crippen molar-refractivity contribution in [1.82, 2.24) is 10.2 Å². The molecule has 2 fully saturated rings. The van der Waals surface area contributed by atoms with Crippen molar-refractivity contribution in [3.63, 3.8) is 0 Å². The average molecular weight is 320 g/mol. The van der Waals surface area contributed by atoms with Gasteiger partial charge in [-0.15, -0.1) is 5.92 Å². The maximum Gasteiger partial charge on any atom is 0.410 e. The molecule has 1 saturated heterocycles. The molecule has 1 heterocycles. The largest absolute Gasteiger partial charge is 0.444 e. The number of hydrogen-bond acceptors (Lipinski definition) is 3. The molecule has 1 N–H and O–H groups in total. The van der Waals surface area contributed by atoms with E-state index in [1.807, 2.05) is 32.6 Å². The molecule has 2 aliphatic rings. The molecule has 1 aliphatic carbocycles. The summed E-state index contributed by atoms with van der Waals surface area (Å²) in [7, 11) is 0. The van der Waals surface area contributed by atoms with E-state index >= 15 is 0 Å². The number of rotatable bonds is 3. The van der Waals surface area contributed by atoms with Crippen molar-refractivity contribution in [2.24, 2.45) is 5.92 Å². The molecule has 0 spiro atoms. The fraction of sp³-hybridized carbons (Fsp3) is 0.842. The van der Waals surface area contributed by atoms with Gasteiger partial charge in [-0.1, -0.05) is 18.8 Å². The van der Waals surface area contributed by atoms with Crippen LogP contribution in [0.15, 0.2) is 0 Å². The normalized spacial score (nSPS) is 28.2. The Kier molecular flexibility index (Phi) is 6.35. The average Bonchev–Trinajstić information content (AvgIpc) is 2.96. The van der Waals surface area contributed by atoms with Crippen molar-refractivity contribution in [1.29, 1.82) is 0 Å². The van der Waals surface area contributed by atoms with Gasteiger partial charge >= 0.3 is 6.09 Å². The number of nitrogens with one attached hydrogen (secondary N) is 1. The topological polar surface area (TPSA) is 41.6 Å². The highest BCUT2D eigenvalue weighted by Crippen LogP contribution is 2.35. The van der Waals surface area contributed by atoms with Crippen LogP contribution in [0.3, 0.4) is 0 Å². The van der Waals surface area contributed by atoms with Crippen LogP contribution in [0.5, 0.6) is 0 Å². The van der Waals surface area contributed by atoms with Gasteiger partial charge in [-0.3, -0.25) is 0 Å². The summed E-state index contributed by atoms with van der Waals surface area (Å²) >= 11 is 0. The van der Waals surface area contributed by atoms with Crippen LogP contribution in [-0.4, -0.2) is 41.8 Å². The van der Waals surface area contributed by atoms with E-state index in [9.17, 15) is 4.79 Å². The first-order valence-electron chi connectivity index (χ1n) is 9.05. The van der Waals surface area contributed by atoms with E-state index in [1.54, 1.807) is 0 Å². The third kappa shape index (κ3) is 5.14. The zero-order chi connectivity index (χ0) is 16.9. The van der Waals surface area contributed by atoms with E-state index in [0.717, 1.165) is 25.9 Å². The number of amides is 1. The van der Waals surface area contributed by atoms with Gasteiger partial charge in [0.15, 0.2) is 0 Å². The molecule has 1 amide bonds. The summed E-state index contributed by atoms with van der Waals surface area (Å²) in [5, 5.41) is 3.60. The molecular weight excluding hydrogens is 288 g/mol. The molecule has 0 aromatic carbocycles. The van der Waals surface area contributed by atoms with Crippen LogP contribution in [0.1, 0.15) is 66.2 Å². The Labute approximate surface area is 141 Å². The molecule has 4 nitrogen and oxygen atoms in total. The maximum absolute atomic E-state index is 12.5. The monoisotopic (exact) mass is 320 g/mol. The minimum absolute atomic E-state index is 0.141. The van der Waals surface area contributed by atoms with Crippen molar-refractivity contribution in [3.05, 3.63) is 0 Å². The summed E-state index contributed by atoms with van der Waals surface area (Å²) in [6, 6.07) is 0.787. The van der Waals surface area contributed by atoms with Gasteiger partial charge in [0.1, 0.15) is 5.60 Å². The molecule has 2 rings (SSSR count). The van der Waals surface area contributed by atoms with Crippen LogP contribution in [0.4, 0.5) is 4.79 Å². The van der Waals surface area contributed by atoms with Gasteiger partial charge in [0.05, 0.1) is 6.54 Å². The Morgan fingerprint density at radius 2 is 1.96 bits per heavy atom. The number of nitrogens with zero attached hydrogens (tertiary/aromatic N) is 1. The standard InChI is InChI=1S/C19H32N2O2/c1-5-6-13-20-16-11-8-7-10-15(16)17-12-9-14-21(17)18(22)23-19(2,3)4/h15-17,20H,7-14H2,1-4H3. The van der Waals surface area contributed by atoms with Crippen LogP contribution in [0.25, 0.3) is 0 Å². The fourth-order valence-electron chi connectivity index (χ4n) is 3.93. The first-order valence-corrected chi connectivity index (χ1v) is 9.05. The molecule has 3 unspecified atom stereocenters. The lowest BCUT2D eigenvalue weighted by Crippen LogP contribution is -2.50. The highest BCUT2D eigenvalue weighted by Gasteiger charge is 2.40. The second-order valence-electron chi connectivity index (χ2n) is 7.75. The lowest BCUT2D eigenvalue weighted by atomic mass is 9.79. The van der Waals surface area contributed by atoms with Crippen molar-refractivity contribution in [2.75, 3.05) is 13.1 Å². The highest BCUT2D eigenvalue weighted by molar-refractivity contribution is 5.69. The Hall–Kier alpha value is -1.21. The quantitative estimate of drug-likeness (QED) is 0.809. The summed E-state index contributed by atoms with van der Waals surface area (Å²) in [4.78, 5) is 14.5. The van der Waals surface area contributed by atoms with Crippen LogP contribution < -0.4 is 5.32 Å². The van der Waals surface area contributed by atoms with Crippen LogP contribution in [0.2, 0.25) is 0 Å². The molecule has 0 bridgehead atoms. The highest BCUT2D eigenvalue weighted by atomic mass is 16.6. The van der Waals surface area contributed by atoms with E-state index < -0.39 is 5.60 Å². The lowest BCUT2D eigenvalue weighted by molar-refractivity contribution is 0.0134. The molecular formula is C19H32N2O2. The van der Waals surface area contributed by atoms with Crippen molar-refractivity contribution in [3.8, 4) is 11.8 Å². The van der Waals surface area contributed by atoms with E-state index in [-0.39, 0.29) is 6.09 Å². The Bertz CT molecular complexity index is 458. The van der Waals surface area contributed by atoms with Gasteiger partial charge in [0, 0.05) is 18.6 Å². The number of likely N-dealkylation sites (tertiary alicyclic amines) is 1. The minimum atomic E-state index is -0.425. The molecule has 0 aromatic heterocycles. The molecule has 0 radical (unpaired) electrons. The van der Waals surface area contributed by atoms with E-state index in [2.05, 4.69) is 17.2 Å². The molecule has 23 heavy (non-hydrogen) atoms. The number of hydrogen-bond donors (Lipinski definition) is 1. The number of ether oxygens (including phenoxy) is 1. The molecule has 1 aliphatic heterocycles. The predicted octanol–water partition coefficient (Wildman–Crippen LogP) is 3.56. The molecule has 0 aromatic rings. The van der Waals surface area contributed by atoms with Crippen LogP contribution in [0, 0.1) is 17.8 Å². The Morgan fingerprint density at radius 1 is 1.22 bits per heavy atom. The van der Waals surface area contributed by atoms with Crippen LogP contribution in [-0.2, 0) is 4.74 Å². The number of carbonyl (C=O) groups excluding carboxylic acids is 1.